The zero-order valence-electron chi connectivity index (χ0n) is 20.1. The van der Waals surface area contributed by atoms with Gasteiger partial charge in [-0.1, -0.05) is 39.8 Å². The highest BCUT2D eigenvalue weighted by molar-refractivity contribution is 5.77. The lowest BCUT2D eigenvalue weighted by Crippen LogP contribution is -2.49. The van der Waals surface area contributed by atoms with Crippen LogP contribution in [0.5, 0.6) is 5.75 Å². The fourth-order valence-electron chi connectivity index (χ4n) is 3.58. The van der Waals surface area contributed by atoms with Crippen LogP contribution in [0.3, 0.4) is 0 Å². The van der Waals surface area contributed by atoms with E-state index in [-0.39, 0.29) is 0 Å². The van der Waals surface area contributed by atoms with Gasteiger partial charge in [0.25, 0.3) is 5.91 Å². The first kappa shape index (κ1) is 25.5. The first-order valence-electron chi connectivity index (χ1n) is 11.5. The number of hydrogen-bond donors (Lipinski definition) is 0. The summed E-state index contributed by atoms with van der Waals surface area (Å²) in [5.41, 5.74) is 2.53. The zero-order valence-corrected chi connectivity index (χ0v) is 20.1. The second-order valence-electron chi connectivity index (χ2n) is 9.29. The maximum atomic E-state index is 12.6. The number of nitrogens with zero attached hydrogens (tertiary/aromatic N) is 2. The van der Waals surface area contributed by atoms with Crippen LogP contribution in [0.15, 0.2) is 18.2 Å². The third kappa shape index (κ3) is 9.66. The predicted molar refractivity (Wildman–Crippen MR) is 124 cm³/mol. The van der Waals surface area contributed by atoms with Crippen molar-refractivity contribution in [2.75, 3.05) is 46.9 Å². The maximum absolute atomic E-state index is 12.6. The van der Waals surface area contributed by atoms with E-state index < -0.39 is 0 Å². The lowest BCUT2D eigenvalue weighted by Gasteiger charge is -2.32. The van der Waals surface area contributed by atoms with E-state index in [1.165, 1.54) is 11.1 Å². The number of benzene rings is 1. The molecule has 0 radical (unpaired) electrons. The number of ether oxygens (including phenoxy) is 1. The number of hydrogen-bond acceptors (Lipinski definition) is 2. The molecule has 0 aliphatic heterocycles. The van der Waals surface area contributed by atoms with Crippen LogP contribution in [0.2, 0.25) is 0 Å². The van der Waals surface area contributed by atoms with Crippen LogP contribution in [0.4, 0.5) is 0 Å². The Bertz CT molecular complexity index is 605. The number of rotatable bonds is 14. The van der Waals surface area contributed by atoms with E-state index in [2.05, 4.69) is 66.9 Å². The summed E-state index contributed by atoms with van der Waals surface area (Å²) in [4.78, 5) is 14.7. The van der Waals surface area contributed by atoms with Crippen LogP contribution in [-0.2, 0) is 4.79 Å². The summed E-state index contributed by atoms with van der Waals surface area (Å²) >= 11 is 0. The minimum absolute atomic E-state index is 0.294. The fraction of sp³-hybridized carbons (Fsp3) is 0.720. The van der Waals surface area contributed by atoms with E-state index >= 15 is 0 Å². The minimum Gasteiger partial charge on any atom is -0.493 e. The van der Waals surface area contributed by atoms with Crippen molar-refractivity contribution in [2.24, 2.45) is 0 Å². The maximum Gasteiger partial charge on any atom is 0.277 e. The highest BCUT2D eigenvalue weighted by Crippen LogP contribution is 2.24. The highest BCUT2D eigenvalue weighted by Gasteiger charge is 2.23. The predicted octanol–water partition coefficient (Wildman–Crippen LogP) is 5.39. The van der Waals surface area contributed by atoms with E-state index in [0.29, 0.717) is 18.4 Å². The Balaban J connectivity index is 2.34. The summed E-state index contributed by atoms with van der Waals surface area (Å²) in [6.07, 6.45) is 5.36. The van der Waals surface area contributed by atoms with Crippen LogP contribution in [-0.4, -0.2) is 62.2 Å². The van der Waals surface area contributed by atoms with Crippen LogP contribution in [0.25, 0.3) is 0 Å². The number of aryl methyl sites for hydroxylation is 1. The Kier molecular flexibility index (Phi) is 11.3. The van der Waals surface area contributed by atoms with E-state index in [0.717, 1.165) is 68.6 Å². The quantitative estimate of drug-likeness (QED) is 0.307. The van der Waals surface area contributed by atoms with Gasteiger partial charge in [0.05, 0.1) is 27.2 Å². The second kappa shape index (κ2) is 12.9. The van der Waals surface area contributed by atoms with Gasteiger partial charge in [0, 0.05) is 13.1 Å². The van der Waals surface area contributed by atoms with Crippen LogP contribution >= 0.6 is 0 Å². The summed E-state index contributed by atoms with van der Waals surface area (Å²) in [7, 11) is 4.34. The molecule has 1 amide bonds. The van der Waals surface area contributed by atoms with E-state index in [4.69, 9.17) is 4.74 Å². The van der Waals surface area contributed by atoms with Crippen molar-refractivity contribution in [2.45, 2.75) is 72.6 Å². The van der Waals surface area contributed by atoms with E-state index in [9.17, 15) is 4.79 Å². The van der Waals surface area contributed by atoms with Gasteiger partial charge in [-0.3, -0.25) is 4.79 Å². The SMILES string of the molecule is CCCN(CCC)C(=O)C[N+](C)(C)CCCCCOc1cc(C(C)C)ccc1C. The number of unbranched alkanes of at least 4 members (excludes halogenated alkanes) is 2. The molecule has 0 N–H and O–H groups in total. The van der Waals surface area contributed by atoms with E-state index in [1.807, 2.05) is 4.90 Å². The summed E-state index contributed by atoms with van der Waals surface area (Å²) in [5.74, 6) is 1.83. The largest absolute Gasteiger partial charge is 0.493 e. The summed E-state index contributed by atoms with van der Waals surface area (Å²) in [6, 6.07) is 6.53. The third-order valence-electron chi connectivity index (χ3n) is 5.45. The molecular formula is C25H45N2O2+. The van der Waals surface area contributed by atoms with Gasteiger partial charge in [-0.25, -0.2) is 0 Å². The molecule has 0 unspecified atom stereocenters. The van der Waals surface area contributed by atoms with Gasteiger partial charge in [-0.2, -0.15) is 0 Å². The molecule has 1 aromatic carbocycles. The monoisotopic (exact) mass is 405 g/mol. The first-order chi connectivity index (χ1) is 13.7. The highest BCUT2D eigenvalue weighted by atomic mass is 16.5. The minimum atomic E-state index is 0.294. The Morgan fingerprint density at radius 2 is 1.72 bits per heavy atom. The summed E-state index contributed by atoms with van der Waals surface area (Å²) in [6.45, 7) is 14.9. The summed E-state index contributed by atoms with van der Waals surface area (Å²) < 4.78 is 6.81. The van der Waals surface area contributed by atoms with Crippen molar-refractivity contribution in [3.63, 3.8) is 0 Å². The van der Waals surface area contributed by atoms with Crippen LogP contribution in [0, 0.1) is 6.92 Å². The molecule has 0 aliphatic carbocycles. The Morgan fingerprint density at radius 3 is 2.31 bits per heavy atom. The molecule has 0 fully saturated rings. The molecule has 0 bridgehead atoms. The number of likely N-dealkylation sites (N-methyl/N-ethyl adjacent to an activating group) is 1. The molecule has 0 saturated carbocycles. The molecule has 29 heavy (non-hydrogen) atoms. The molecule has 1 aromatic rings. The molecule has 4 heteroatoms. The van der Waals surface area contributed by atoms with Gasteiger partial charge in [0.1, 0.15) is 5.75 Å². The number of carbonyl (C=O) groups excluding carboxylic acids is 1. The Labute approximate surface area is 179 Å². The van der Waals surface area contributed by atoms with Gasteiger partial charge >= 0.3 is 0 Å². The fourth-order valence-corrected chi connectivity index (χ4v) is 3.58. The van der Waals surface area contributed by atoms with Gasteiger partial charge in [-0.15, -0.1) is 0 Å². The summed E-state index contributed by atoms with van der Waals surface area (Å²) in [5, 5.41) is 0. The van der Waals surface area contributed by atoms with Crippen molar-refractivity contribution in [3.8, 4) is 5.75 Å². The lowest BCUT2D eigenvalue weighted by molar-refractivity contribution is -0.883. The van der Waals surface area contributed by atoms with Crippen molar-refractivity contribution in [1.29, 1.82) is 0 Å². The number of carbonyl (C=O) groups is 1. The zero-order chi connectivity index (χ0) is 21.9. The normalized spacial score (nSPS) is 11.7. The van der Waals surface area contributed by atoms with Crippen molar-refractivity contribution < 1.29 is 14.0 Å². The molecule has 0 atom stereocenters. The first-order valence-corrected chi connectivity index (χ1v) is 11.5. The smallest absolute Gasteiger partial charge is 0.277 e. The molecule has 0 aromatic heterocycles. The average molecular weight is 406 g/mol. The molecule has 0 spiro atoms. The molecule has 166 valence electrons. The molecule has 4 nitrogen and oxygen atoms in total. The van der Waals surface area contributed by atoms with Crippen molar-refractivity contribution in [1.82, 2.24) is 4.90 Å². The average Bonchev–Trinajstić information content (AvgIpc) is 2.65. The van der Waals surface area contributed by atoms with Crippen LogP contribution < -0.4 is 4.74 Å². The molecule has 0 saturated heterocycles. The van der Waals surface area contributed by atoms with Crippen molar-refractivity contribution in [3.05, 3.63) is 29.3 Å². The third-order valence-corrected chi connectivity index (χ3v) is 5.45. The standard InChI is InChI=1S/C25H45N2O2/c1-8-15-26(16-9-2)25(28)20-27(6,7)17-11-10-12-18-29-24-19-23(21(3)4)14-13-22(24)5/h13-14,19,21H,8-12,15-18,20H2,1-7H3/q+1. The Morgan fingerprint density at radius 1 is 1.07 bits per heavy atom. The molecular weight excluding hydrogens is 360 g/mol. The van der Waals surface area contributed by atoms with Gasteiger partial charge in [-0.05, 0) is 62.1 Å². The van der Waals surface area contributed by atoms with Gasteiger partial charge in [0.15, 0.2) is 6.54 Å². The topological polar surface area (TPSA) is 29.5 Å². The van der Waals surface area contributed by atoms with Gasteiger partial charge < -0.3 is 14.1 Å². The Hall–Kier alpha value is -1.55. The van der Waals surface area contributed by atoms with Gasteiger partial charge in [0.2, 0.25) is 0 Å². The number of amides is 1. The lowest BCUT2D eigenvalue weighted by atomic mass is 10.0. The second-order valence-corrected chi connectivity index (χ2v) is 9.29. The van der Waals surface area contributed by atoms with E-state index in [1.54, 1.807) is 0 Å². The number of quaternary nitrogens is 1. The van der Waals surface area contributed by atoms with Crippen LogP contribution in [0.1, 0.15) is 76.8 Å². The molecule has 1 rings (SSSR count). The molecule has 0 heterocycles. The molecule has 0 aliphatic rings. The van der Waals surface area contributed by atoms with Crippen molar-refractivity contribution >= 4 is 5.91 Å².